The van der Waals surface area contributed by atoms with Gasteiger partial charge in [-0.2, -0.15) is 0 Å². The molecule has 2 rings (SSSR count). The Morgan fingerprint density at radius 3 is 2.28 bits per heavy atom. The van der Waals surface area contributed by atoms with Gasteiger partial charge in [0, 0.05) is 37.3 Å². The van der Waals surface area contributed by atoms with Crippen molar-refractivity contribution in [3.05, 3.63) is 59.3 Å². The van der Waals surface area contributed by atoms with Gasteiger partial charge in [0.1, 0.15) is 0 Å². The highest BCUT2D eigenvalue weighted by Crippen LogP contribution is 2.22. The minimum absolute atomic E-state index is 0.0460. The van der Waals surface area contributed by atoms with Crippen LogP contribution in [0.3, 0.4) is 0 Å². The van der Waals surface area contributed by atoms with E-state index in [1.54, 1.807) is 12.3 Å². The van der Waals surface area contributed by atoms with E-state index in [1.807, 2.05) is 44.2 Å². The molecule has 2 N–H and O–H groups in total. The molecule has 0 aliphatic heterocycles. The van der Waals surface area contributed by atoms with Crippen LogP contribution in [0.25, 0.3) is 0 Å². The molecule has 0 saturated heterocycles. The van der Waals surface area contributed by atoms with Crippen molar-refractivity contribution < 1.29 is 14.3 Å². The maximum atomic E-state index is 12.2. The lowest BCUT2D eigenvalue weighted by Gasteiger charge is -2.19. The van der Waals surface area contributed by atoms with E-state index in [0.717, 1.165) is 5.56 Å². The number of hydrogen-bond donors (Lipinski definition) is 2. The van der Waals surface area contributed by atoms with Crippen molar-refractivity contribution in [2.45, 2.75) is 59.1 Å². The summed E-state index contributed by atoms with van der Waals surface area (Å²) in [6.07, 6.45) is 1.97. The van der Waals surface area contributed by atoms with Crippen molar-refractivity contribution in [2.75, 3.05) is 6.54 Å². The number of nitrogens with one attached hydrogen (secondary N) is 2. The Morgan fingerprint density at radius 1 is 1.03 bits per heavy atom. The number of pyridine rings is 1. The van der Waals surface area contributed by atoms with Crippen LogP contribution < -0.4 is 15.4 Å². The molecular weight excluding hydrogens is 366 g/mol. The summed E-state index contributed by atoms with van der Waals surface area (Å²) in [6, 6.07) is 11.2. The molecule has 1 heterocycles. The monoisotopic (exact) mass is 397 g/mol. The van der Waals surface area contributed by atoms with Gasteiger partial charge in [-0.3, -0.25) is 9.59 Å². The van der Waals surface area contributed by atoms with Gasteiger partial charge in [0.25, 0.3) is 5.91 Å². The predicted molar refractivity (Wildman–Crippen MR) is 114 cm³/mol. The lowest BCUT2D eigenvalue weighted by molar-refractivity contribution is -0.121. The Bertz CT molecular complexity index is 807. The fourth-order valence-electron chi connectivity index (χ4n) is 2.63. The summed E-state index contributed by atoms with van der Waals surface area (Å²) in [5.41, 5.74) is 2.70. The molecule has 2 amide bonds. The summed E-state index contributed by atoms with van der Waals surface area (Å²) in [5, 5.41) is 5.61. The third kappa shape index (κ3) is 7.56. The molecule has 0 fully saturated rings. The normalized spacial score (nSPS) is 11.2. The number of aromatic nitrogens is 1. The van der Waals surface area contributed by atoms with Gasteiger partial charge in [-0.05, 0) is 42.5 Å². The Hall–Kier alpha value is -2.89. The van der Waals surface area contributed by atoms with Crippen LogP contribution in [0.4, 0.5) is 0 Å². The first-order valence-electron chi connectivity index (χ1n) is 9.92. The molecule has 0 bridgehead atoms. The average molecular weight is 398 g/mol. The SMILES string of the molecule is CC(C)Oc1ccc(CNC(=O)CCNC(=O)c2ccc(C(C)(C)C)cc2)cn1. The number of carbonyl (C=O) groups excluding carboxylic acids is 2. The molecule has 29 heavy (non-hydrogen) atoms. The average Bonchev–Trinajstić information content (AvgIpc) is 2.66. The van der Waals surface area contributed by atoms with E-state index in [2.05, 4.69) is 36.4 Å². The summed E-state index contributed by atoms with van der Waals surface area (Å²) in [5.74, 6) is 0.257. The summed E-state index contributed by atoms with van der Waals surface area (Å²) >= 11 is 0. The van der Waals surface area contributed by atoms with Gasteiger partial charge in [-0.15, -0.1) is 0 Å². The third-order valence-corrected chi connectivity index (χ3v) is 4.29. The van der Waals surface area contributed by atoms with Gasteiger partial charge in [0.05, 0.1) is 6.10 Å². The van der Waals surface area contributed by atoms with Crippen molar-refractivity contribution in [1.82, 2.24) is 15.6 Å². The smallest absolute Gasteiger partial charge is 0.251 e. The standard InChI is InChI=1S/C23H31N3O3/c1-16(2)29-21-11-6-17(15-26-21)14-25-20(27)12-13-24-22(28)18-7-9-19(10-8-18)23(3,4)5/h6-11,15-16H,12-14H2,1-5H3,(H,24,28)(H,25,27). The Labute approximate surface area is 173 Å². The second kappa shape index (κ2) is 10.0. The number of amides is 2. The molecule has 0 saturated carbocycles. The van der Waals surface area contributed by atoms with Crippen LogP contribution in [-0.4, -0.2) is 29.4 Å². The van der Waals surface area contributed by atoms with Crippen molar-refractivity contribution >= 4 is 11.8 Å². The van der Waals surface area contributed by atoms with E-state index >= 15 is 0 Å². The summed E-state index contributed by atoms with van der Waals surface area (Å²) in [4.78, 5) is 28.4. The van der Waals surface area contributed by atoms with E-state index in [1.165, 1.54) is 5.56 Å². The second-order valence-electron chi connectivity index (χ2n) is 8.28. The minimum Gasteiger partial charge on any atom is -0.475 e. The first-order chi connectivity index (χ1) is 13.6. The highest BCUT2D eigenvalue weighted by atomic mass is 16.5. The summed E-state index contributed by atoms with van der Waals surface area (Å²) in [7, 11) is 0. The van der Waals surface area contributed by atoms with E-state index in [0.29, 0.717) is 18.0 Å². The summed E-state index contributed by atoms with van der Waals surface area (Å²) in [6.45, 7) is 10.9. The minimum atomic E-state index is -0.178. The highest BCUT2D eigenvalue weighted by molar-refractivity contribution is 5.94. The molecule has 0 aliphatic rings. The Kier molecular flexibility index (Phi) is 7.76. The fraction of sp³-hybridized carbons (Fsp3) is 0.435. The number of nitrogens with zero attached hydrogens (tertiary/aromatic N) is 1. The lowest BCUT2D eigenvalue weighted by Crippen LogP contribution is -2.30. The van der Waals surface area contributed by atoms with Gasteiger partial charge < -0.3 is 15.4 Å². The van der Waals surface area contributed by atoms with Crippen molar-refractivity contribution in [2.24, 2.45) is 0 Å². The predicted octanol–water partition coefficient (Wildman–Crippen LogP) is 3.60. The van der Waals surface area contributed by atoms with E-state index in [4.69, 9.17) is 4.74 Å². The maximum Gasteiger partial charge on any atom is 0.251 e. The zero-order chi connectivity index (χ0) is 21.4. The second-order valence-corrected chi connectivity index (χ2v) is 8.28. The van der Waals surface area contributed by atoms with Crippen molar-refractivity contribution in [1.29, 1.82) is 0 Å². The zero-order valence-corrected chi connectivity index (χ0v) is 17.9. The van der Waals surface area contributed by atoms with Crippen molar-refractivity contribution in [3.63, 3.8) is 0 Å². The first-order valence-corrected chi connectivity index (χ1v) is 9.92. The number of benzene rings is 1. The molecule has 0 aliphatic carbocycles. The van der Waals surface area contributed by atoms with Gasteiger partial charge in [0.2, 0.25) is 11.8 Å². The fourth-order valence-corrected chi connectivity index (χ4v) is 2.63. The molecule has 0 unspecified atom stereocenters. The van der Waals surface area contributed by atoms with E-state index in [9.17, 15) is 9.59 Å². The molecule has 156 valence electrons. The molecular formula is C23H31N3O3. The topological polar surface area (TPSA) is 80.3 Å². The zero-order valence-electron chi connectivity index (χ0n) is 17.9. The highest BCUT2D eigenvalue weighted by Gasteiger charge is 2.14. The third-order valence-electron chi connectivity index (χ3n) is 4.29. The molecule has 0 atom stereocenters. The van der Waals surface area contributed by atoms with Crippen molar-refractivity contribution in [3.8, 4) is 5.88 Å². The van der Waals surface area contributed by atoms with Crippen LogP contribution >= 0.6 is 0 Å². The molecule has 1 aromatic carbocycles. The molecule has 6 nitrogen and oxygen atoms in total. The summed E-state index contributed by atoms with van der Waals surface area (Å²) < 4.78 is 5.49. The number of hydrogen-bond acceptors (Lipinski definition) is 4. The largest absolute Gasteiger partial charge is 0.475 e. The van der Waals surface area contributed by atoms with Crippen LogP contribution in [0.1, 0.15) is 62.5 Å². The molecule has 1 aromatic heterocycles. The van der Waals surface area contributed by atoms with Gasteiger partial charge >= 0.3 is 0 Å². The van der Waals surface area contributed by atoms with Crippen LogP contribution in [0.5, 0.6) is 5.88 Å². The van der Waals surface area contributed by atoms with Crippen LogP contribution in [0.15, 0.2) is 42.6 Å². The Morgan fingerprint density at radius 2 is 1.72 bits per heavy atom. The molecule has 6 heteroatoms. The van der Waals surface area contributed by atoms with Crippen LogP contribution in [0.2, 0.25) is 0 Å². The van der Waals surface area contributed by atoms with Crippen LogP contribution in [0, 0.1) is 0 Å². The first kappa shape index (κ1) is 22.4. The maximum absolute atomic E-state index is 12.2. The van der Waals surface area contributed by atoms with Crippen LogP contribution in [-0.2, 0) is 16.8 Å². The van der Waals surface area contributed by atoms with Gasteiger partial charge in [0.15, 0.2) is 0 Å². The number of ether oxygens (including phenoxy) is 1. The quantitative estimate of drug-likeness (QED) is 0.713. The van der Waals surface area contributed by atoms with Gasteiger partial charge in [-0.25, -0.2) is 4.98 Å². The number of carbonyl (C=O) groups is 2. The Balaban J connectivity index is 1.72. The van der Waals surface area contributed by atoms with E-state index in [-0.39, 0.29) is 36.3 Å². The molecule has 2 aromatic rings. The van der Waals surface area contributed by atoms with Gasteiger partial charge in [-0.1, -0.05) is 39.0 Å². The molecule has 0 spiro atoms. The van der Waals surface area contributed by atoms with E-state index < -0.39 is 0 Å². The number of rotatable bonds is 8. The molecule has 0 radical (unpaired) electrons. The lowest BCUT2D eigenvalue weighted by atomic mass is 9.87.